The van der Waals surface area contributed by atoms with E-state index in [1.54, 1.807) is 0 Å². The van der Waals surface area contributed by atoms with Crippen molar-refractivity contribution in [1.29, 1.82) is 0 Å². The number of carbonyl (C=O) groups is 2. The second kappa shape index (κ2) is 7.76. The van der Waals surface area contributed by atoms with Crippen molar-refractivity contribution in [3.8, 4) is 0 Å². The van der Waals surface area contributed by atoms with Gasteiger partial charge in [-0.2, -0.15) is 0 Å². The van der Waals surface area contributed by atoms with Crippen LogP contribution in [0.25, 0.3) is 0 Å². The van der Waals surface area contributed by atoms with Crippen LogP contribution in [0.2, 0.25) is 0 Å². The largest absolute Gasteiger partial charge is 0.479 e. The molecule has 3 aliphatic heterocycles. The Balaban J connectivity index is 1.79. The zero-order valence-corrected chi connectivity index (χ0v) is 15.5. The first-order chi connectivity index (χ1) is 12.2. The molecule has 4 unspecified atom stereocenters. The van der Waals surface area contributed by atoms with Crippen LogP contribution in [0, 0.1) is 0 Å². The molecule has 148 valence electrons. The van der Waals surface area contributed by atoms with Gasteiger partial charge in [0.05, 0.1) is 12.1 Å². The van der Waals surface area contributed by atoms with Crippen molar-refractivity contribution in [2.75, 3.05) is 0 Å². The molecule has 3 saturated heterocycles. The normalized spacial score (nSPS) is 47.7. The molecule has 3 aliphatic rings. The summed E-state index contributed by atoms with van der Waals surface area (Å²) in [4.78, 5) is 22.9. The highest BCUT2D eigenvalue weighted by atomic mass is 127. The van der Waals surface area contributed by atoms with Gasteiger partial charge in [-0.3, -0.25) is 13.2 Å². The molecular weight excluding hydrogens is 471 g/mol. The molecule has 13 heteroatoms. The van der Waals surface area contributed by atoms with E-state index in [2.05, 4.69) is 10.6 Å². The minimum atomic E-state index is -1.67. The van der Waals surface area contributed by atoms with Gasteiger partial charge in [0.1, 0.15) is 53.6 Å². The average Bonchev–Trinajstić information content (AvgIpc) is 3.34. The van der Waals surface area contributed by atoms with Gasteiger partial charge in [-0.25, -0.2) is 4.79 Å². The molecule has 0 aromatic heterocycles. The lowest BCUT2D eigenvalue weighted by molar-refractivity contribution is -0.310. The molecule has 3 fully saturated rings. The van der Waals surface area contributed by atoms with E-state index in [-0.39, 0.29) is 0 Å². The Hall–Kier alpha value is -0.650. The summed E-state index contributed by atoms with van der Waals surface area (Å²) in [6.45, 7) is 1.24. The van der Waals surface area contributed by atoms with E-state index in [1.807, 2.05) is 0 Å². The van der Waals surface area contributed by atoms with Crippen LogP contribution in [0.4, 0.5) is 0 Å². The maximum Gasteiger partial charge on any atom is 0.335 e. The molecule has 0 aromatic rings. The predicted molar refractivity (Wildman–Crippen MR) is 87.5 cm³/mol. The van der Waals surface area contributed by atoms with E-state index in [9.17, 15) is 30.0 Å². The summed E-state index contributed by atoms with van der Waals surface area (Å²) in [5.74, 6) is -1.91. The van der Waals surface area contributed by atoms with Gasteiger partial charge < -0.3 is 40.0 Å². The number of rotatable bonds is 5. The highest BCUT2D eigenvalue weighted by Gasteiger charge is 2.57. The topological polar surface area (TPSA) is 186 Å². The summed E-state index contributed by atoms with van der Waals surface area (Å²) >= 11 is 1.41. The molecule has 1 amide bonds. The Kier molecular flexibility index (Phi) is 6.00. The van der Waals surface area contributed by atoms with Crippen LogP contribution < -0.4 is 10.6 Å². The van der Waals surface area contributed by atoms with Crippen molar-refractivity contribution in [1.82, 2.24) is 10.6 Å². The number of halogens is 1. The van der Waals surface area contributed by atoms with Crippen LogP contribution in [0.1, 0.15) is 6.92 Å². The predicted octanol–water partition coefficient (Wildman–Crippen LogP) is -3.21. The molecule has 6 N–H and O–H groups in total. The summed E-state index contributed by atoms with van der Waals surface area (Å²) < 4.78 is 21.0. The number of hydrogen-bond acceptors (Lipinski definition) is 10. The van der Waals surface area contributed by atoms with Crippen LogP contribution in [-0.4, -0.2) is 93.7 Å². The number of nitrogens with one attached hydrogen (secondary N) is 2. The van der Waals surface area contributed by atoms with Gasteiger partial charge in [-0.05, 0) is 0 Å². The van der Waals surface area contributed by atoms with Gasteiger partial charge in [-0.15, -0.1) is 0 Å². The van der Waals surface area contributed by atoms with Crippen molar-refractivity contribution in [2.24, 2.45) is 0 Å². The second-order valence-electron chi connectivity index (χ2n) is 6.27. The van der Waals surface area contributed by atoms with Crippen LogP contribution in [0.5, 0.6) is 0 Å². The van der Waals surface area contributed by atoms with Crippen molar-refractivity contribution in [3.63, 3.8) is 0 Å². The Morgan fingerprint density at radius 2 is 1.81 bits per heavy atom. The van der Waals surface area contributed by atoms with Gasteiger partial charge in [0.2, 0.25) is 5.91 Å². The molecule has 26 heavy (non-hydrogen) atoms. The summed E-state index contributed by atoms with van der Waals surface area (Å²) in [7, 11) is 0. The number of carboxylic acids is 1. The SMILES string of the molecule is CC(=O)NC1[C@@H](O[C@H]2C(C(=O)O)O[C@H](OI)C(O)[C@H]2O)OC2N[C@@H]2[C@@H]1O. The third-order valence-corrected chi connectivity index (χ3v) is 4.92. The number of aliphatic hydroxyl groups is 3. The zero-order valence-electron chi connectivity index (χ0n) is 13.4. The lowest BCUT2D eigenvalue weighted by Gasteiger charge is -2.43. The van der Waals surface area contributed by atoms with Crippen LogP contribution in [0.15, 0.2) is 0 Å². The Morgan fingerprint density at radius 3 is 2.38 bits per heavy atom. The second-order valence-corrected chi connectivity index (χ2v) is 6.78. The molecule has 0 radical (unpaired) electrons. The number of hydrogen-bond donors (Lipinski definition) is 6. The molecule has 0 bridgehead atoms. The molecule has 12 nitrogen and oxygen atoms in total. The van der Waals surface area contributed by atoms with E-state index in [4.69, 9.17) is 17.3 Å². The van der Waals surface area contributed by atoms with Crippen LogP contribution in [0.3, 0.4) is 0 Å². The average molecular weight is 490 g/mol. The first-order valence-electron chi connectivity index (χ1n) is 7.78. The molecule has 3 rings (SSSR count). The van der Waals surface area contributed by atoms with Crippen LogP contribution >= 0.6 is 23.0 Å². The van der Waals surface area contributed by atoms with Gasteiger partial charge in [0, 0.05) is 6.92 Å². The maximum atomic E-state index is 11.5. The molecular formula is C13H19IN2O10. The smallest absolute Gasteiger partial charge is 0.335 e. The van der Waals surface area contributed by atoms with Crippen molar-refractivity contribution < 1.29 is 47.3 Å². The molecule has 0 aromatic carbocycles. The minimum Gasteiger partial charge on any atom is -0.479 e. The summed E-state index contributed by atoms with van der Waals surface area (Å²) in [5.41, 5.74) is 0. The summed E-state index contributed by atoms with van der Waals surface area (Å²) in [5, 5.41) is 45.2. The van der Waals surface area contributed by atoms with Gasteiger partial charge >= 0.3 is 5.97 Å². The third kappa shape index (κ3) is 3.81. The molecule has 10 atom stereocenters. The fourth-order valence-electron chi connectivity index (χ4n) is 3.07. The van der Waals surface area contributed by atoms with Crippen molar-refractivity contribution in [3.05, 3.63) is 0 Å². The van der Waals surface area contributed by atoms with E-state index in [1.165, 1.54) is 29.9 Å². The maximum absolute atomic E-state index is 11.5. The van der Waals surface area contributed by atoms with Crippen molar-refractivity contribution >= 4 is 34.9 Å². The number of aliphatic hydroxyl groups excluding tert-OH is 3. The summed E-state index contributed by atoms with van der Waals surface area (Å²) in [6.07, 6.45) is -10.7. The lowest BCUT2D eigenvalue weighted by Crippen LogP contribution is -2.64. The molecule has 0 spiro atoms. The molecule has 0 saturated carbocycles. The standard InChI is InChI=1S/C13H19IN2O10/c1-2(17)15-4-5(18)3-10(16-3)25-12(4)23-8-6(19)7(20)13(26-14)24-9(8)11(21)22/h3-10,12-13,16,18-20H,1H3,(H,15,17)(H,21,22)/t3-,4?,5+,6-,7?,8-,9?,10?,12+,13-/m1/s1. The number of carbonyl (C=O) groups excluding carboxylic acids is 1. The Morgan fingerprint density at radius 1 is 1.12 bits per heavy atom. The van der Waals surface area contributed by atoms with Crippen LogP contribution in [-0.2, 0) is 26.9 Å². The highest BCUT2D eigenvalue weighted by Crippen LogP contribution is 2.33. The van der Waals surface area contributed by atoms with Gasteiger partial charge in [0.25, 0.3) is 0 Å². The van der Waals surface area contributed by atoms with E-state index in [0.717, 1.165) is 0 Å². The Bertz CT molecular complexity index is 567. The fourth-order valence-corrected chi connectivity index (χ4v) is 3.49. The zero-order chi connectivity index (χ0) is 19.2. The monoisotopic (exact) mass is 490 g/mol. The third-order valence-electron chi connectivity index (χ3n) is 4.42. The number of ether oxygens (including phenoxy) is 3. The number of fused-ring (bicyclic) bond motifs is 1. The molecule has 0 aliphatic carbocycles. The lowest BCUT2D eigenvalue weighted by atomic mass is 9.98. The number of carboxylic acid groups (broad SMARTS) is 1. The van der Waals surface area contributed by atoms with Gasteiger partial charge in [-0.1, -0.05) is 0 Å². The quantitative estimate of drug-likeness (QED) is 0.168. The van der Waals surface area contributed by atoms with Gasteiger partial charge in [0.15, 0.2) is 18.7 Å². The Labute approximate surface area is 161 Å². The first kappa shape index (κ1) is 20.1. The highest BCUT2D eigenvalue weighted by molar-refractivity contribution is 14.1. The summed E-state index contributed by atoms with van der Waals surface area (Å²) in [6, 6.07) is -1.40. The number of aliphatic carboxylic acids is 1. The first-order valence-corrected chi connectivity index (χ1v) is 8.66. The van der Waals surface area contributed by atoms with Crippen molar-refractivity contribution in [2.45, 2.75) is 68.3 Å². The fraction of sp³-hybridized carbons (Fsp3) is 0.846. The molecule has 3 heterocycles. The number of amides is 1. The van der Waals surface area contributed by atoms with E-state index in [0.29, 0.717) is 0 Å². The minimum absolute atomic E-state index is 0.392. The van der Waals surface area contributed by atoms with E-state index >= 15 is 0 Å². The van der Waals surface area contributed by atoms with E-state index < -0.39 is 73.3 Å².